The van der Waals surface area contributed by atoms with Crippen LogP contribution in [-0.2, 0) is 4.79 Å². The van der Waals surface area contributed by atoms with Gasteiger partial charge < -0.3 is 11.2 Å². The zero-order valence-electron chi connectivity index (χ0n) is 14.3. The maximum atomic E-state index is 12.4. The van der Waals surface area contributed by atoms with E-state index < -0.39 is 5.25 Å². The van der Waals surface area contributed by atoms with Crippen molar-refractivity contribution in [2.45, 2.75) is 24.3 Å². The lowest BCUT2D eigenvalue weighted by atomic mass is 10.2. The molecule has 134 valence electrons. The second-order valence-electron chi connectivity index (χ2n) is 5.77. The van der Waals surface area contributed by atoms with Crippen LogP contribution in [0.2, 0.25) is 5.02 Å². The van der Waals surface area contributed by atoms with E-state index in [0.717, 1.165) is 11.3 Å². The van der Waals surface area contributed by atoms with Crippen molar-refractivity contribution in [3.63, 3.8) is 0 Å². The fourth-order valence-corrected chi connectivity index (χ4v) is 3.27. The Bertz CT molecular complexity index is 926. The third-order valence-electron chi connectivity index (χ3n) is 3.75. The van der Waals surface area contributed by atoms with Crippen LogP contribution in [0.3, 0.4) is 0 Å². The number of aromatic nitrogens is 3. The Kier molecular flexibility index (Phi) is 5.49. The summed E-state index contributed by atoms with van der Waals surface area (Å²) in [4.78, 5) is 12.4. The summed E-state index contributed by atoms with van der Waals surface area (Å²) in [7, 11) is 0. The van der Waals surface area contributed by atoms with Crippen LogP contribution in [0, 0.1) is 6.92 Å². The Balaban J connectivity index is 1.71. The molecule has 26 heavy (non-hydrogen) atoms. The molecule has 1 aromatic heterocycles. The molecule has 0 aliphatic carbocycles. The summed E-state index contributed by atoms with van der Waals surface area (Å²) in [6.07, 6.45) is 0. The number of nitrogens with zero attached hydrogens (tertiary/aromatic N) is 3. The highest BCUT2D eigenvalue weighted by Crippen LogP contribution is 2.29. The summed E-state index contributed by atoms with van der Waals surface area (Å²) in [5.41, 5.74) is 2.57. The Morgan fingerprint density at radius 3 is 2.58 bits per heavy atom. The third kappa shape index (κ3) is 4.00. The van der Waals surface area contributed by atoms with Gasteiger partial charge in [0.2, 0.25) is 11.1 Å². The highest BCUT2D eigenvalue weighted by Gasteiger charge is 2.20. The van der Waals surface area contributed by atoms with Gasteiger partial charge in [0.05, 0.1) is 10.3 Å². The van der Waals surface area contributed by atoms with Gasteiger partial charge >= 0.3 is 0 Å². The van der Waals surface area contributed by atoms with Crippen LogP contribution in [0.4, 0.5) is 5.69 Å². The van der Waals surface area contributed by atoms with Crippen molar-refractivity contribution in [1.82, 2.24) is 14.9 Å². The molecule has 0 saturated carbocycles. The Morgan fingerprint density at radius 1 is 1.19 bits per heavy atom. The lowest BCUT2D eigenvalue weighted by Crippen LogP contribution is -2.23. The Morgan fingerprint density at radius 2 is 1.88 bits per heavy atom. The Hall–Kier alpha value is -2.51. The number of halogens is 1. The summed E-state index contributed by atoms with van der Waals surface area (Å²) in [6, 6.07) is 14.9. The predicted molar refractivity (Wildman–Crippen MR) is 106 cm³/mol. The molecule has 1 atom stereocenters. The minimum absolute atomic E-state index is 0.138. The number of rotatable bonds is 5. The van der Waals surface area contributed by atoms with Gasteiger partial charge in [-0.3, -0.25) is 4.79 Å². The van der Waals surface area contributed by atoms with E-state index in [1.807, 2.05) is 49.4 Å². The van der Waals surface area contributed by atoms with Crippen LogP contribution < -0.4 is 11.2 Å². The zero-order chi connectivity index (χ0) is 18.7. The van der Waals surface area contributed by atoms with Crippen LogP contribution in [-0.4, -0.2) is 26.0 Å². The molecular weight excluding hydrogens is 370 g/mol. The van der Waals surface area contributed by atoms with Gasteiger partial charge in [-0.25, -0.2) is 4.68 Å². The van der Waals surface area contributed by atoms with E-state index in [9.17, 15) is 4.79 Å². The van der Waals surface area contributed by atoms with Crippen LogP contribution in [0.5, 0.6) is 0 Å². The van der Waals surface area contributed by atoms with Gasteiger partial charge in [0.1, 0.15) is 0 Å². The number of carbonyl (C=O) groups excluding carboxylic acids is 1. The minimum atomic E-state index is -0.401. The number of hydrogen-bond donors (Lipinski definition) is 2. The lowest BCUT2D eigenvalue weighted by molar-refractivity contribution is -0.115. The molecule has 0 bridgehead atoms. The van der Waals surface area contributed by atoms with Crippen molar-refractivity contribution < 1.29 is 4.79 Å². The van der Waals surface area contributed by atoms with E-state index in [2.05, 4.69) is 15.5 Å². The van der Waals surface area contributed by atoms with Crippen LogP contribution in [0.15, 0.2) is 53.7 Å². The summed E-state index contributed by atoms with van der Waals surface area (Å²) in [5, 5.41) is 11.6. The number of thioether (sulfide) groups is 1. The van der Waals surface area contributed by atoms with E-state index in [-0.39, 0.29) is 5.91 Å². The van der Waals surface area contributed by atoms with E-state index in [1.165, 1.54) is 16.4 Å². The molecule has 3 N–H and O–H groups in total. The van der Waals surface area contributed by atoms with Crippen molar-refractivity contribution in [3.05, 3.63) is 59.1 Å². The number of carbonyl (C=O) groups is 1. The monoisotopic (exact) mass is 387 g/mol. The molecular formula is C18H18ClN5OS. The molecule has 1 amide bonds. The fraction of sp³-hybridized carbons (Fsp3) is 0.167. The molecule has 3 aromatic rings. The zero-order valence-corrected chi connectivity index (χ0v) is 15.9. The van der Waals surface area contributed by atoms with E-state index in [1.54, 1.807) is 13.0 Å². The lowest BCUT2D eigenvalue weighted by Gasteiger charge is -2.12. The Labute approximate surface area is 160 Å². The van der Waals surface area contributed by atoms with Crippen molar-refractivity contribution in [2.24, 2.45) is 0 Å². The number of nitrogen functional groups attached to an aromatic ring is 1. The summed E-state index contributed by atoms with van der Waals surface area (Å²) in [5.74, 6) is 6.41. The second-order valence-corrected chi connectivity index (χ2v) is 7.49. The minimum Gasteiger partial charge on any atom is -0.335 e. The highest BCUT2D eigenvalue weighted by atomic mass is 35.5. The van der Waals surface area contributed by atoms with Gasteiger partial charge in [0.25, 0.3) is 0 Å². The summed E-state index contributed by atoms with van der Waals surface area (Å²) >= 11 is 7.42. The summed E-state index contributed by atoms with van der Waals surface area (Å²) in [6.45, 7) is 3.78. The number of nitrogens with one attached hydrogen (secondary N) is 1. The van der Waals surface area contributed by atoms with Crippen molar-refractivity contribution in [3.8, 4) is 11.4 Å². The topological polar surface area (TPSA) is 85.8 Å². The fourth-order valence-electron chi connectivity index (χ4n) is 2.28. The van der Waals surface area contributed by atoms with Gasteiger partial charge in [-0.05, 0) is 38.1 Å². The largest absolute Gasteiger partial charge is 0.335 e. The van der Waals surface area contributed by atoms with E-state index in [0.29, 0.717) is 21.6 Å². The first-order valence-corrected chi connectivity index (χ1v) is 9.21. The molecule has 0 radical (unpaired) electrons. The molecule has 8 heteroatoms. The first kappa shape index (κ1) is 18.3. The molecule has 0 aliphatic heterocycles. The first-order valence-electron chi connectivity index (χ1n) is 7.95. The van der Waals surface area contributed by atoms with Gasteiger partial charge in [-0.15, -0.1) is 10.2 Å². The van der Waals surface area contributed by atoms with E-state index >= 15 is 0 Å². The maximum Gasteiger partial charge on any atom is 0.237 e. The molecule has 0 unspecified atom stereocenters. The molecule has 0 aliphatic rings. The van der Waals surface area contributed by atoms with Crippen LogP contribution >= 0.6 is 23.4 Å². The molecule has 6 nitrogen and oxygen atoms in total. The first-order chi connectivity index (χ1) is 12.5. The second kappa shape index (κ2) is 7.80. The third-order valence-corrected chi connectivity index (χ3v) is 5.14. The van der Waals surface area contributed by atoms with Crippen molar-refractivity contribution in [2.75, 3.05) is 11.2 Å². The molecule has 3 rings (SSSR count). The molecule has 0 spiro atoms. The molecule has 0 saturated heterocycles. The number of benzene rings is 2. The van der Waals surface area contributed by atoms with Gasteiger partial charge in [-0.1, -0.05) is 53.2 Å². The number of aryl methyl sites for hydroxylation is 1. The standard InChI is InChI=1S/C18H18ClN5OS/c1-11-7-9-13(10-8-11)21-17(25)12(2)26-18-23-22-16(24(18)20)14-5-3-4-6-15(14)19/h3-10,12H,20H2,1-2H3,(H,21,25)/t12-/m1/s1. The SMILES string of the molecule is Cc1ccc(NC(=O)[C@@H](C)Sc2nnc(-c3ccccc3Cl)n2N)cc1. The quantitative estimate of drug-likeness (QED) is 0.514. The number of anilines is 1. The van der Waals surface area contributed by atoms with Crippen LogP contribution in [0.25, 0.3) is 11.4 Å². The number of nitrogens with two attached hydrogens (primary N) is 1. The van der Waals surface area contributed by atoms with E-state index in [4.69, 9.17) is 17.4 Å². The number of hydrogen-bond acceptors (Lipinski definition) is 5. The van der Waals surface area contributed by atoms with Crippen molar-refractivity contribution in [1.29, 1.82) is 0 Å². The highest BCUT2D eigenvalue weighted by molar-refractivity contribution is 8.00. The van der Waals surface area contributed by atoms with Crippen molar-refractivity contribution >= 4 is 35.0 Å². The predicted octanol–water partition coefficient (Wildman–Crippen LogP) is 3.74. The molecule has 1 heterocycles. The molecule has 2 aromatic carbocycles. The van der Waals surface area contributed by atoms with Gasteiger partial charge in [-0.2, -0.15) is 0 Å². The van der Waals surface area contributed by atoms with Gasteiger partial charge in [0.15, 0.2) is 5.82 Å². The molecule has 0 fully saturated rings. The maximum absolute atomic E-state index is 12.4. The average molecular weight is 388 g/mol. The average Bonchev–Trinajstić information content (AvgIpc) is 2.98. The van der Waals surface area contributed by atoms with Crippen LogP contribution in [0.1, 0.15) is 12.5 Å². The van der Waals surface area contributed by atoms with Gasteiger partial charge in [0, 0.05) is 11.3 Å². The number of amides is 1. The summed E-state index contributed by atoms with van der Waals surface area (Å²) < 4.78 is 1.35. The smallest absolute Gasteiger partial charge is 0.237 e. The normalized spacial score (nSPS) is 12.0.